The molecule has 0 bridgehead atoms. The molecule has 2 rings (SSSR count). The molecule has 0 atom stereocenters. The van der Waals surface area contributed by atoms with Gasteiger partial charge in [0.1, 0.15) is 12.4 Å². The van der Waals surface area contributed by atoms with E-state index in [4.69, 9.17) is 5.11 Å². The van der Waals surface area contributed by atoms with Gasteiger partial charge < -0.3 is 10.4 Å². The van der Waals surface area contributed by atoms with E-state index in [0.29, 0.717) is 16.9 Å². The summed E-state index contributed by atoms with van der Waals surface area (Å²) in [6.45, 7) is 3.53. The fraction of sp³-hybridized carbons (Fsp3) is 0.250. The van der Waals surface area contributed by atoms with E-state index in [1.54, 1.807) is 17.8 Å². The van der Waals surface area contributed by atoms with E-state index in [2.05, 4.69) is 22.3 Å². The van der Waals surface area contributed by atoms with Gasteiger partial charge in [-0.2, -0.15) is 5.10 Å². The van der Waals surface area contributed by atoms with Crippen LogP contribution >= 0.6 is 0 Å². The Balaban J connectivity index is 2.28. The third kappa shape index (κ3) is 3.50. The molecule has 108 valence electrons. The molecule has 0 saturated heterocycles. The minimum Gasteiger partial charge on any atom is -0.384 e. The molecule has 0 unspecified atom stereocenters. The van der Waals surface area contributed by atoms with Gasteiger partial charge in [-0.05, 0) is 31.5 Å². The van der Waals surface area contributed by atoms with Gasteiger partial charge in [-0.1, -0.05) is 17.9 Å². The number of aromatic nitrogens is 2. The van der Waals surface area contributed by atoms with E-state index in [1.165, 1.54) is 0 Å². The van der Waals surface area contributed by atoms with Gasteiger partial charge in [0.25, 0.3) is 5.91 Å². The molecule has 0 aliphatic heterocycles. The van der Waals surface area contributed by atoms with E-state index < -0.39 is 0 Å². The zero-order valence-electron chi connectivity index (χ0n) is 12.3. The van der Waals surface area contributed by atoms with Crippen LogP contribution in [0.15, 0.2) is 24.3 Å². The van der Waals surface area contributed by atoms with Gasteiger partial charge >= 0.3 is 0 Å². The van der Waals surface area contributed by atoms with Crippen molar-refractivity contribution in [3.8, 4) is 11.8 Å². The number of aliphatic hydroxyl groups excluding tert-OH is 1. The summed E-state index contributed by atoms with van der Waals surface area (Å²) in [6, 6.07) is 7.19. The highest BCUT2D eigenvalue weighted by atomic mass is 16.2. The maximum atomic E-state index is 12.4. The smallest absolute Gasteiger partial charge is 0.257 e. The third-order valence-corrected chi connectivity index (χ3v) is 3.04. The van der Waals surface area contributed by atoms with Gasteiger partial charge in [-0.25, -0.2) is 0 Å². The van der Waals surface area contributed by atoms with E-state index in [9.17, 15) is 4.79 Å². The molecule has 0 aliphatic carbocycles. The lowest BCUT2D eigenvalue weighted by molar-refractivity contribution is 0.102. The minimum atomic E-state index is -0.205. The Morgan fingerprint density at radius 2 is 2.14 bits per heavy atom. The maximum Gasteiger partial charge on any atom is 0.257 e. The molecule has 21 heavy (non-hydrogen) atoms. The maximum absolute atomic E-state index is 12.4. The molecule has 0 saturated carbocycles. The Hall–Kier alpha value is -2.58. The van der Waals surface area contributed by atoms with Crippen molar-refractivity contribution in [2.24, 2.45) is 7.05 Å². The van der Waals surface area contributed by atoms with E-state index in [0.717, 1.165) is 11.3 Å². The fourth-order valence-electron chi connectivity index (χ4n) is 2.00. The minimum absolute atomic E-state index is 0.205. The van der Waals surface area contributed by atoms with E-state index >= 15 is 0 Å². The molecule has 5 nitrogen and oxygen atoms in total. The van der Waals surface area contributed by atoms with Gasteiger partial charge in [0.15, 0.2) is 0 Å². The highest BCUT2D eigenvalue weighted by molar-refractivity contribution is 6.05. The Labute approximate surface area is 123 Å². The summed E-state index contributed by atoms with van der Waals surface area (Å²) in [7, 11) is 1.78. The number of hydrogen-bond acceptors (Lipinski definition) is 3. The number of nitrogens with zero attached hydrogens (tertiary/aromatic N) is 2. The summed E-state index contributed by atoms with van der Waals surface area (Å²) in [5.41, 5.74) is 2.95. The number of nitrogens with one attached hydrogen (secondary N) is 1. The van der Waals surface area contributed by atoms with Gasteiger partial charge in [-0.15, -0.1) is 0 Å². The number of aryl methyl sites for hydroxylation is 3. The van der Waals surface area contributed by atoms with Crippen LogP contribution in [-0.4, -0.2) is 27.4 Å². The largest absolute Gasteiger partial charge is 0.384 e. The number of carbonyl (C=O) groups is 1. The zero-order chi connectivity index (χ0) is 15.4. The fourth-order valence-corrected chi connectivity index (χ4v) is 2.00. The van der Waals surface area contributed by atoms with Crippen LogP contribution in [0, 0.1) is 25.7 Å². The number of hydrogen-bond donors (Lipinski definition) is 2. The quantitative estimate of drug-likeness (QED) is 0.823. The Morgan fingerprint density at radius 3 is 2.76 bits per heavy atom. The SMILES string of the molecule is Cc1cc(NC(=O)c2cc(C#CCO)ccc2C)n(C)n1. The molecule has 1 heterocycles. The molecule has 0 radical (unpaired) electrons. The molecule has 1 amide bonds. The van der Waals surface area contributed by atoms with Gasteiger partial charge in [-0.3, -0.25) is 9.48 Å². The monoisotopic (exact) mass is 283 g/mol. The number of rotatable bonds is 2. The standard InChI is InChI=1S/C16H17N3O2/c1-11-6-7-13(5-4-8-20)10-14(11)16(21)17-15-9-12(2)18-19(15)3/h6-7,9-10,20H,8H2,1-3H3,(H,17,21). The number of amides is 1. The summed E-state index contributed by atoms with van der Waals surface area (Å²) in [5, 5.41) is 15.8. The third-order valence-electron chi connectivity index (χ3n) is 3.04. The predicted molar refractivity (Wildman–Crippen MR) is 81.0 cm³/mol. The predicted octanol–water partition coefficient (Wildman–Crippen LogP) is 1.63. The van der Waals surface area contributed by atoms with Crippen LogP contribution in [0.25, 0.3) is 0 Å². The second-order valence-corrected chi connectivity index (χ2v) is 4.74. The van der Waals surface area contributed by atoms with E-state index in [1.807, 2.05) is 32.0 Å². The van der Waals surface area contributed by atoms with E-state index in [-0.39, 0.29) is 12.5 Å². The average Bonchev–Trinajstić information content (AvgIpc) is 2.75. The molecule has 1 aromatic carbocycles. The average molecular weight is 283 g/mol. The van der Waals surface area contributed by atoms with Crippen molar-refractivity contribution in [3.63, 3.8) is 0 Å². The molecule has 0 spiro atoms. The Bertz CT molecular complexity index is 736. The summed E-state index contributed by atoms with van der Waals surface area (Å²) < 4.78 is 1.62. The van der Waals surface area contributed by atoms with Crippen LogP contribution in [0.5, 0.6) is 0 Å². The summed E-state index contributed by atoms with van der Waals surface area (Å²) >= 11 is 0. The van der Waals surface area contributed by atoms with Crippen LogP contribution in [0.4, 0.5) is 5.82 Å². The van der Waals surface area contributed by atoms with Crippen molar-refractivity contribution in [2.75, 3.05) is 11.9 Å². The van der Waals surface area contributed by atoms with Crippen molar-refractivity contribution < 1.29 is 9.90 Å². The Morgan fingerprint density at radius 1 is 1.38 bits per heavy atom. The number of carbonyl (C=O) groups excluding carboxylic acids is 1. The topological polar surface area (TPSA) is 67.2 Å². The molecule has 2 N–H and O–H groups in total. The van der Waals surface area contributed by atoms with Crippen molar-refractivity contribution in [2.45, 2.75) is 13.8 Å². The lowest BCUT2D eigenvalue weighted by atomic mass is 10.0. The van der Waals surface area contributed by atoms with Crippen molar-refractivity contribution in [3.05, 3.63) is 46.6 Å². The first kappa shape index (κ1) is 14.8. The van der Waals surface area contributed by atoms with Crippen molar-refractivity contribution in [1.82, 2.24) is 9.78 Å². The van der Waals surface area contributed by atoms with Gasteiger partial charge in [0, 0.05) is 24.2 Å². The number of anilines is 1. The lowest BCUT2D eigenvalue weighted by Crippen LogP contribution is -2.16. The molecule has 1 aromatic heterocycles. The summed E-state index contributed by atoms with van der Waals surface area (Å²) in [4.78, 5) is 12.4. The normalized spacial score (nSPS) is 9.90. The first-order valence-electron chi connectivity index (χ1n) is 6.53. The first-order chi connectivity index (χ1) is 10.0. The van der Waals surface area contributed by atoms with Crippen LogP contribution in [0.1, 0.15) is 27.2 Å². The number of aliphatic hydroxyl groups is 1. The second-order valence-electron chi connectivity index (χ2n) is 4.74. The van der Waals surface area contributed by atoms with Crippen molar-refractivity contribution in [1.29, 1.82) is 0 Å². The van der Waals surface area contributed by atoms with Crippen LogP contribution < -0.4 is 5.32 Å². The summed E-state index contributed by atoms with van der Waals surface area (Å²) in [6.07, 6.45) is 0. The van der Waals surface area contributed by atoms with Crippen LogP contribution in [0.3, 0.4) is 0 Å². The highest BCUT2D eigenvalue weighted by Gasteiger charge is 2.12. The number of benzene rings is 1. The Kier molecular flexibility index (Phi) is 4.41. The molecule has 0 aliphatic rings. The van der Waals surface area contributed by atoms with Crippen LogP contribution in [0.2, 0.25) is 0 Å². The van der Waals surface area contributed by atoms with Gasteiger partial charge in [0.05, 0.1) is 5.69 Å². The van der Waals surface area contributed by atoms with Crippen molar-refractivity contribution >= 4 is 11.7 Å². The molecule has 2 aromatic rings. The first-order valence-corrected chi connectivity index (χ1v) is 6.53. The lowest BCUT2D eigenvalue weighted by Gasteiger charge is -2.08. The molecule has 0 fully saturated rings. The zero-order valence-corrected chi connectivity index (χ0v) is 12.3. The van der Waals surface area contributed by atoms with Gasteiger partial charge in [0.2, 0.25) is 0 Å². The van der Waals surface area contributed by atoms with Crippen LogP contribution in [-0.2, 0) is 7.05 Å². The molecule has 5 heteroatoms. The highest BCUT2D eigenvalue weighted by Crippen LogP contribution is 2.14. The molecular weight excluding hydrogens is 266 g/mol. The summed E-state index contributed by atoms with van der Waals surface area (Å²) in [5.74, 6) is 5.81. The molecular formula is C16H17N3O2. The second kappa shape index (κ2) is 6.25.